The minimum atomic E-state index is 0. The predicted molar refractivity (Wildman–Crippen MR) is 34.5 cm³/mol. The molecule has 0 unspecified atom stereocenters. The molecule has 0 spiro atoms. The maximum Gasteiger partial charge on any atom is 0 e. The maximum atomic E-state index is 0. The Labute approximate surface area is 151 Å². The van der Waals surface area contributed by atoms with Crippen molar-refractivity contribution in [1.82, 2.24) is 0 Å². The summed E-state index contributed by atoms with van der Waals surface area (Å²) in [4.78, 5) is 0. The summed E-state index contributed by atoms with van der Waals surface area (Å²) in [6.45, 7) is 0. The summed E-state index contributed by atoms with van der Waals surface area (Å²) in [7, 11) is 0. The van der Waals surface area contributed by atoms with Crippen molar-refractivity contribution in [2.45, 2.75) is 0 Å². The first-order valence-electron chi connectivity index (χ1n) is 0. The number of rotatable bonds is 0. The fourth-order valence-corrected chi connectivity index (χ4v) is 0. The third-order valence-corrected chi connectivity index (χ3v) is 0. The van der Waals surface area contributed by atoms with Crippen molar-refractivity contribution in [2.75, 3.05) is 0 Å². The summed E-state index contributed by atoms with van der Waals surface area (Å²) in [5.74, 6) is 0. The van der Waals surface area contributed by atoms with E-state index in [1.807, 2.05) is 0 Å². The first kappa shape index (κ1) is 57.4. The second-order valence-corrected chi connectivity index (χ2v) is 0. The molecule has 0 heterocycles. The molecule has 0 aliphatic rings. The van der Waals surface area contributed by atoms with Crippen LogP contribution in [0.1, 0.15) is 0 Å². The first-order chi connectivity index (χ1) is 0. The maximum absolute atomic E-state index is 0. The van der Waals surface area contributed by atoms with Gasteiger partial charge in [-0.3, -0.25) is 0 Å². The molecule has 0 aliphatic carbocycles. The Hall–Kier alpha value is 5.09. The summed E-state index contributed by atoms with van der Waals surface area (Å²) < 4.78 is 0. The zero-order valence-electron chi connectivity index (χ0n) is 4.56. The summed E-state index contributed by atoms with van der Waals surface area (Å²) in [5.41, 5.74) is 0. The Morgan fingerprint density at radius 3 is 0.286 bits per heavy atom. The van der Waals surface area contributed by atoms with Gasteiger partial charge in [0.05, 0.1) is 0 Å². The van der Waals surface area contributed by atoms with E-state index >= 15 is 0 Å². The molecular formula is Mg6Ni. The normalized spacial score (nSPS) is 0. The van der Waals surface area contributed by atoms with Crippen LogP contribution in [0.2, 0.25) is 0 Å². The van der Waals surface area contributed by atoms with Crippen LogP contribution in [0.25, 0.3) is 0 Å². The Kier molecular flexibility index (Phi) is 357. The Morgan fingerprint density at radius 1 is 0.286 bits per heavy atom. The van der Waals surface area contributed by atoms with Gasteiger partial charge in [0.1, 0.15) is 0 Å². The summed E-state index contributed by atoms with van der Waals surface area (Å²) in [6, 6.07) is 0. The van der Waals surface area contributed by atoms with E-state index in [2.05, 4.69) is 0 Å². The molecule has 0 fully saturated rings. The van der Waals surface area contributed by atoms with E-state index in [0.29, 0.717) is 0 Å². The summed E-state index contributed by atoms with van der Waals surface area (Å²) >= 11 is 0. The smallest absolute Gasteiger partial charge is 0 e. The van der Waals surface area contributed by atoms with Gasteiger partial charge in [-0.1, -0.05) is 0 Å². The van der Waals surface area contributed by atoms with Crippen LogP contribution in [0.5, 0.6) is 0 Å². The molecule has 0 amide bonds. The van der Waals surface area contributed by atoms with E-state index in [0.717, 1.165) is 0 Å². The Bertz CT molecular complexity index is 4.14. The van der Waals surface area contributed by atoms with Crippen molar-refractivity contribution >= 4 is 138 Å². The second-order valence-electron chi connectivity index (χ2n) is 0. The van der Waals surface area contributed by atoms with Crippen LogP contribution in [-0.2, 0) is 16.5 Å². The summed E-state index contributed by atoms with van der Waals surface area (Å²) in [5, 5.41) is 0. The molecule has 7 heavy (non-hydrogen) atoms. The molecule has 0 rings (SSSR count). The standard InChI is InChI=1S/6Mg.Ni. The van der Waals surface area contributed by atoms with Gasteiger partial charge >= 0.3 is 0 Å². The number of hydrogen-bond donors (Lipinski definition) is 0. The zero-order chi connectivity index (χ0) is 0. The van der Waals surface area contributed by atoms with E-state index in [9.17, 15) is 0 Å². The van der Waals surface area contributed by atoms with E-state index in [-0.39, 0.29) is 155 Å². The molecule has 12 radical (unpaired) electrons. The second kappa shape index (κ2) is 43.6. The average Bonchev–Trinajstić information content (AvgIpc) is 0. The molecule has 0 nitrogen and oxygen atoms in total. The van der Waals surface area contributed by atoms with Crippen molar-refractivity contribution < 1.29 is 16.5 Å². The summed E-state index contributed by atoms with van der Waals surface area (Å²) in [6.07, 6.45) is 0. The fraction of sp³-hybridized carbons (Fsp3) is 0. The van der Waals surface area contributed by atoms with Crippen LogP contribution in [0, 0.1) is 0 Å². The van der Waals surface area contributed by atoms with Gasteiger partial charge in [-0.05, 0) is 0 Å². The Balaban J connectivity index is 0. The van der Waals surface area contributed by atoms with Gasteiger partial charge in [-0.25, -0.2) is 0 Å². The van der Waals surface area contributed by atoms with E-state index in [1.165, 1.54) is 0 Å². The van der Waals surface area contributed by atoms with Crippen LogP contribution in [0.3, 0.4) is 0 Å². The van der Waals surface area contributed by atoms with Crippen LogP contribution in [-0.4, -0.2) is 138 Å². The van der Waals surface area contributed by atoms with Crippen LogP contribution < -0.4 is 0 Å². The molecule has 22 valence electrons. The van der Waals surface area contributed by atoms with Crippen molar-refractivity contribution in [1.29, 1.82) is 0 Å². The molecule has 0 atom stereocenters. The van der Waals surface area contributed by atoms with Crippen LogP contribution >= 0.6 is 0 Å². The minimum Gasteiger partial charge on any atom is 0 e. The van der Waals surface area contributed by atoms with Gasteiger partial charge in [0.25, 0.3) is 0 Å². The molecule has 0 N–H and O–H groups in total. The van der Waals surface area contributed by atoms with Crippen molar-refractivity contribution in [3.05, 3.63) is 0 Å². The topological polar surface area (TPSA) is 0 Å². The molecule has 0 aromatic rings. The molecule has 7 heteroatoms. The molecular weight excluding hydrogens is 205 g/mol. The van der Waals surface area contributed by atoms with Gasteiger partial charge in [-0.2, -0.15) is 0 Å². The van der Waals surface area contributed by atoms with Crippen molar-refractivity contribution in [3.8, 4) is 0 Å². The van der Waals surface area contributed by atoms with Gasteiger partial charge in [0, 0.05) is 155 Å². The molecule has 0 aromatic carbocycles. The predicted octanol–water partition coefficient (Wildman–Crippen LogP) is -2.29. The average molecular weight is 205 g/mol. The quantitative estimate of drug-likeness (QED) is 0.390. The van der Waals surface area contributed by atoms with E-state index in [4.69, 9.17) is 0 Å². The van der Waals surface area contributed by atoms with Crippen molar-refractivity contribution in [3.63, 3.8) is 0 Å². The zero-order valence-corrected chi connectivity index (χ0v) is 14.0. The van der Waals surface area contributed by atoms with Crippen LogP contribution in [0.4, 0.5) is 0 Å². The minimum absolute atomic E-state index is 0. The molecule has 0 bridgehead atoms. The van der Waals surface area contributed by atoms with E-state index in [1.54, 1.807) is 0 Å². The van der Waals surface area contributed by atoms with Gasteiger partial charge in [-0.15, -0.1) is 0 Å². The SMILES string of the molecule is [Mg].[Mg].[Mg].[Mg].[Mg].[Mg].[Ni]. The number of hydrogen-bond acceptors (Lipinski definition) is 0. The molecule has 0 saturated carbocycles. The largest absolute Gasteiger partial charge is 0 e. The Morgan fingerprint density at radius 2 is 0.286 bits per heavy atom. The van der Waals surface area contributed by atoms with Gasteiger partial charge in [0.2, 0.25) is 0 Å². The third-order valence-electron chi connectivity index (χ3n) is 0. The first-order valence-corrected chi connectivity index (χ1v) is 0. The van der Waals surface area contributed by atoms with Crippen LogP contribution in [0.15, 0.2) is 0 Å². The van der Waals surface area contributed by atoms with E-state index < -0.39 is 0 Å². The van der Waals surface area contributed by atoms with Gasteiger partial charge < -0.3 is 0 Å². The molecule has 0 aromatic heterocycles. The molecule has 0 aliphatic heterocycles. The monoisotopic (exact) mass is 202 g/mol. The molecule has 0 saturated heterocycles. The third kappa shape index (κ3) is 35.4. The van der Waals surface area contributed by atoms with Gasteiger partial charge in [0.15, 0.2) is 0 Å². The van der Waals surface area contributed by atoms with Crippen molar-refractivity contribution in [2.24, 2.45) is 0 Å². The fourth-order valence-electron chi connectivity index (χ4n) is 0.